The van der Waals surface area contributed by atoms with Gasteiger partial charge in [0.1, 0.15) is 0 Å². The van der Waals surface area contributed by atoms with Gasteiger partial charge in [0.15, 0.2) is 5.78 Å². The molecule has 1 unspecified atom stereocenters. The van der Waals surface area contributed by atoms with Gasteiger partial charge in [0.25, 0.3) is 0 Å². The van der Waals surface area contributed by atoms with Gasteiger partial charge in [-0.2, -0.15) is 0 Å². The minimum absolute atomic E-state index is 0.0492. The lowest BCUT2D eigenvalue weighted by molar-refractivity contribution is -0.115. The van der Waals surface area contributed by atoms with Crippen LogP contribution in [0.15, 0.2) is 22.7 Å². The average Bonchev–Trinajstić information content (AvgIpc) is 2.93. The normalized spacial score (nSPS) is 14.2. The summed E-state index contributed by atoms with van der Waals surface area (Å²) in [5, 5.41) is 9.44. The molecule has 0 fully saturated rings. The van der Waals surface area contributed by atoms with Gasteiger partial charge in [0.2, 0.25) is 0 Å². The fourth-order valence-electron chi connectivity index (χ4n) is 3.60. The Morgan fingerprint density at radius 3 is 2.41 bits per heavy atom. The standard InChI is InChI=1S/C25H42N2O2/c1-9-12-20(23(29)14-11-10-13-21(17-28)18(2)3)16-26-22-15-24(25(5,6)7)27(8)19(22)4/h12,15-16,18,21,28H,9-11,13-14,17H2,1-8H3/b20-12-,26-16?. The number of ketones is 1. The Morgan fingerprint density at radius 2 is 1.93 bits per heavy atom. The van der Waals surface area contributed by atoms with Crippen molar-refractivity contribution < 1.29 is 9.90 Å². The number of Topliss-reactive ketones (excluding diaryl/α,β-unsaturated/α-hetero) is 1. The molecule has 29 heavy (non-hydrogen) atoms. The summed E-state index contributed by atoms with van der Waals surface area (Å²) in [5.41, 5.74) is 4.02. The van der Waals surface area contributed by atoms with Crippen molar-refractivity contribution in [3.63, 3.8) is 0 Å². The number of allylic oxidation sites excluding steroid dienone is 2. The SMILES string of the molecule is CC/C=C(/C=Nc1cc(C(C)(C)C)n(C)c1C)C(=O)CCCCC(CO)C(C)C. The highest BCUT2D eigenvalue weighted by Gasteiger charge is 2.20. The number of nitrogens with zero attached hydrogens (tertiary/aromatic N) is 2. The highest BCUT2D eigenvalue weighted by atomic mass is 16.3. The third-order valence-electron chi connectivity index (χ3n) is 5.77. The molecule has 1 rings (SSSR count). The number of hydrogen-bond acceptors (Lipinski definition) is 3. The minimum Gasteiger partial charge on any atom is -0.396 e. The maximum Gasteiger partial charge on any atom is 0.164 e. The lowest BCUT2D eigenvalue weighted by Crippen LogP contribution is -2.16. The van der Waals surface area contributed by atoms with Crippen molar-refractivity contribution in [1.29, 1.82) is 0 Å². The number of hydrogen-bond donors (Lipinski definition) is 1. The van der Waals surface area contributed by atoms with Crippen LogP contribution in [0.3, 0.4) is 0 Å². The Morgan fingerprint density at radius 1 is 1.28 bits per heavy atom. The summed E-state index contributed by atoms with van der Waals surface area (Å²) in [6.07, 6.45) is 7.86. The highest BCUT2D eigenvalue weighted by molar-refractivity contribution is 6.13. The fourth-order valence-corrected chi connectivity index (χ4v) is 3.60. The molecule has 1 heterocycles. The Labute approximate surface area is 178 Å². The Bertz CT molecular complexity index is 718. The van der Waals surface area contributed by atoms with Crippen molar-refractivity contribution in [2.24, 2.45) is 23.9 Å². The van der Waals surface area contributed by atoms with E-state index in [0.717, 1.165) is 37.1 Å². The molecule has 4 nitrogen and oxygen atoms in total. The first-order valence-corrected chi connectivity index (χ1v) is 11.1. The van der Waals surface area contributed by atoms with Crippen LogP contribution in [0.25, 0.3) is 0 Å². The van der Waals surface area contributed by atoms with Crippen LogP contribution in [0.2, 0.25) is 0 Å². The van der Waals surface area contributed by atoms with Gasteiger partial charge in [-0.25, -0.2) is 0 Å². The molecule has 0 aliphatic carbocycles. The second-order valence-electron chi connectivity index (χ2n) is 9.49. The van der Waals surface area contributed by atoms with Crippen LogP contribution in [0, 0.1) is 18.8 Å². The van der Waals surface area contributed by atoms with E-state index >= 15 is 0 Å². The fraction of sp³-hybridized carbons (Fsp3) is 0.680. The summed E-state index contributed by atoms with van der Waals surface area (Å²) in [6, 6.07) is 2.13. The molecule has 0 aliphatic rings. The van der Waals surface area contributed by atoms with Crippen molar-refractivity contribution >= 4 is 17.7 Å². The molecule has 1 aromatic rings. The Hall–Kier alpha value is -1.68. The van der Waals surface area contributed by atoms with E-state index in [2.05, 4.69) is 64.2 Å². The number of aliphatic hydroxyl groups excluding tert-OH is 1. The van der Waals surface area contributed by atoms with Crippen molar-refractivity contribution in [2.75, 3.05) is 6.61 Å². The van der Waals surface area contributed by atoms with E-state index in [1.54, 1.807) is 6.21 Å². The lowest BCUT2D eigenvalue weighted by Gasteiger charge is -2.19. The Balaban J connectivity index is 2.79. The summed E-state index contributed by atoms with van der Waals surface area (Å²) in [7, 11) is 2.07. The van der Waals surface area contributed by atoms with Gasteiger partial charge >= 0.3 is 0 Å². The lowest BCUT2D eigenvalue weighted by atomic mass is 9.90. The minimum atomic E-state index is 0.0492. The Kier molecular flexibility index (Phi) is 10.0. The van der Waals surface area contributed by atoms with Crippen LogP contribution in [-0.2, 0) is 17.3 Å². The topological polar surface area (TPSA) is 54.6 Å². The number of aliphatic imine (C=N–C) groups is 1. The van der Waals surface area contributed by atoms with E-state index in [1.165, 1.54) is 5.69 Å². The van der Waals surface area contributed by atoms with Crippen molar-refractivity contribution in [1.82, 2.24) is 4.57 Å². The molecular weight excluding hydrogens is 360 g/mol. The van der Waals surface area contributed by atoms with Gasteiger partial charge < -0.3 is 9.67 Å². The third kappa shape index (κ3) is 7.58. The average molecular weight is 403 g/mol. The smallest absolute Gasteiger partial charge is 0.164 e. The van der Waals surface area contributed by atoms with E-state index in [1.807, 2.05) is 13.0 Å². The second kappa shape index (κ2) is 11.5. The van der Waals surface area contributed by atoms with E-state index in [0.29, 0.717) is 23.8 Å². The van der Waals surface area contributed by atoms with Crippen molar-refractivity contribution in [3.05, 3.63) is 29.1 Å². The van der Waals surface area contributed by atoms with Crippen LogP contribution < -0.4 is 0 Å². The van der Waals surface area contributed by atoms with E-state index < -0.39 is 0 Å². The summed E-state index contributed by atoms with van der Waals surface area (Å²) in [4.78, 5) is 17.4. The summed E-state index contributed by atoms with van der Waals surface area (Å²) < 4.78 is 2.18. The zero-order valence-corrected chi connectivity index (χ0v) is 19.9. The third-order valence-corrected chi connectivity index (χ3v) is 5.77. The van der Waals surface area contributed by atoms with E-state index in [4.69, 9.17) is 0 Å². The van der Waals surface area contributed by atoms with Crippen molar-refractivity contribution in [3.8, 4) is 0 Å². The summed E-state index contributed by atoms with van der Waals surface area (Å²) in [6.45, 7) is 15.2. The molecule has 0 saturated carbocycles. The van der Waals surface area contributed by atoms with Crippen molar-refractivity contribution in [2.45, 2.75) is 86.0 Å². The van der Waals surface area contributed by atoms with Crippen LogP contribution in [-0.4, -0.2) is 28.3 Å². The molecule has 1 N–H and O–H groups in total. The zero-order valence-electron chi connectivity index (χ0n) is 19.9. The van der Waals surface area contributed by atoms with Crippen LogP contribution >= 0.6 is 0 Å². The summed E-state index contributed by atoms with van der Waals surface area (Å²) in [5.74, 6) is 0.964. The van der Waals surface area contributed by atoms with Gasteiger partial charge in [0, 0.05) is 48.7 Å². The first-order chi connectivity index (χ1) is 13.5. The predicted octanol–water partition coefficient (Wildman–Crippen LogP) is 6.06. The molecule has 164 valence electrons. The molecule has 1 aromatic heterocycles. The molecule has 0 bridgehead atoms. The first-order valence-electron chi connectivity index (χ1n) is 11.1. The summed E-state index contributed by atoms with van der Waals surface area (Å²) >= 11 is 0. The van der Waals surface area contributed by atoms with Crippen LogP contribution in [0.5, 0.6) is 0 Å². The van der Waals surface area contributed by atoms with Crippen LogP contribution in [0.1, 0.15) is 85.0 Å². The maximum atomic E-state index is 12.7. The number of aliphatic hydroxyl groups is 1. The van der Waals surface area contributed by atoms with Crippen LogP contribution in [0.4, 0.5) is 5.69 Å². The van der Waals surface area contributed by atoms with Gasteiger partial charge in [-0.3, -0.25) is 9.79 Å². The molecule has 1 atom stereocenters. The first kappa shape index (κ1) is 25.4. The molecule has 0 saturated heterocycles. The number of aromatic nitrogens is 1. The zero-order chi connectivity index (χ0) is 22.2. The van der Waals surface area contributed by atoms with E-state index in [9.17, 15) is 9.90 Å². The highest BCUT2D eigenvalue weighted by Crippen LogP contribution is 2.31. The molecule has 0 amide bonds. The molecule has 4 heteroatoms. The van der Waals surface area contributed by atoms with Gasteiger partial charge in [0.05, 0.1) is 5.69 Å². The maximum absolute atomic E-state index is 12.7. The molecule has 0 radical (unpaired) electrons. The van der Waals surface area contributed by atoms with Gasteiger partial charge in [-0.05, 0) is 44.1 Å². The molecule has 0 aliphatic heterocycles. The van der Waals surface area contributed by atoms with Gasteiger partial charge in [-0.1, -0.05) is 54.0 Å². The van der Waals surface area contributed by atoms with Gasteiger partial charge in [-0.15, -0.1) is 0 Å². The molecule has 0 spiro atoms. The number of rotatable bonds is 11. The largest absolute Gasteiger partial charge is 0.396 e. The number of carbonyl (C=O) groups excluding carboxylic acids is 1. The molecule has 0 aromatic carbocycles. The monoisotopic (exact) mass is 402 g/mol. The molecular formula is C25H42N2O2. The van der Waals surface area contributed by atoms with E-state index in [-0.39, 0.29) is 17.8 Å². The number of unbranched alkanes of at least 4 members (excludes halogenated alkanes) is 1. The number of carbonyl (C=O) groups is 1. The predicted molar refractivity (Wildman–Crippen MR) is 124 cm³/mol. The second-order valence-corrected chi connectivity index (χ2v) is 9.49. The quantitative estimate of drug-likeness (QED) is 0.278.